The molecule has 2 aromatic carbocycles. The number of methoxy groups -OCH3 is 1. The van der Waals surface area contributed by atoms with E-state index < -0.39 is 6.04 Å². The fourth-order valence-electron chi connectivity index (χ4n) is 3.29. The van der Waals surface area contributed by atoms with Crippen LogP contribution in [0.25, 0.3) is 0 Å². The maximum atomic E-state index is 13.2. The number of amides is 2. The molecule has 0 aliphatic rings. The minimum atomic E-state index is -0.568. The first-order valence-electron chi connectivity index (χ1n) is 10.7. The first-order chi connectivity index (χ1) is 14.5. The Balaban J connectivity index is 2.33. The van der Waals surface area contributed by atoms with Gasteiger partial charge in [-0.25, -0.2) is 0 Å². The topological polar surface area (TPSA) is 58.6 Å². The standard InChI is InChI=1S/C25H34N2O3/c1-5-6-16-26-24(28)23(17-20-10-8-7-9-11-20)27(25(29)19(2)3)18-21-12-14-22(30-4)15-13-21/h7-15,19,23H,5-6,16-18H2,1-4H3,(H,26,28)/t23-/m0/s1. The van der Waals surface area contributed by atoms with E-state index in [1.807, 2.05) is 68.4 Å². The fraction of sp³-hybridized carbons (Fsp3) is 0.440. The minimum absolute atomic E-state index is 0.0302. The van der Waals surface area contributed by atoms with Gasteiger partial charge < -0.3 is 15.0 Å². The van der Waals surface area contributed by atoms with Gasteiger partial charge in [-0.3, -0.25) is 9.59 Å². The Morgan fingerprint density at radius 3 is 2.23 bits per heavy atom. The molecule has 1 atom stereocenters. The largest absolute Gasteiger partial charge is 0.497 e. The maximum Gasteiger partial charge on any atom is 0.243 e. The van der Waals surface area contributed by atoms with Crippen molar-refractivity contribution in [2.24, 2.45) is 5.92 Å². The molecule has 0 aliphatic carbocycles. The Labute approximate surface area is 180 Å². The number of nitrogens with one attached hydrogen (secondary N) is 1. The zero-order valence-electron chi connectivity index (χ0n) is 18.6. The zero-order valence-corrected chi connectivity index (χ0v) is 18.6. The van der Waals surface area contributed by atoms with E-state index in [1.54, 1.807) is 12.0 Å². The van der Waals surface area contributed by atoms with Gasteiger partial charge in [0.05, 0.1) is 7.11 Å². The van der Waals surface area contributed by atoms with Crippen molar-refractivity contribution in [1.29, 1.82) is 0 Å². The summed E-state index contributed by atoms with van der Waals surface area (Å²) in [6.45, 7) is 6.83. The summed E-state index contributed by atoms with van der Waals surface area (Å²) in [7, 11) is 1.63. The molecule has 0 saturated heterocycles. The van der Waals surface area contributed by atoms with Crippen molar-refractivity contribution in [2.75, 3.05) is 13.7 Å². The number of hydrogen-bond acceptors (Lipinski definition) is 3. The molecule has 30 heavy (non-hydrogen) atoms. The lowest BCUT2D eigenvalue weighted by Crippen LogP contribution is -2.51. The van der Waals surface area contributed by atoms with Crippen LogP contribution in [-0.4, -0.2) is 36.4 Å². The molecule has 0 heterocycles. The minimum Gasteiger partial charge on any atom is -0.497 e. The second kappa shape index (κ2) is 12.0. The molecule has 162 valence electrons. The normalized spacial score (nSPS) is 11.8. The van der Waals surface area contributed by atoms with E-state index in [2.05, 4.69) is 12.2 Å². The predicted octanol–water partition coefficient (Wildman–Crippen LogP) is 4.21. The van der Waals surface area contributed by atoms with Crippen LogP contribution < -0.4 is 10.1 Å². The number of rotatable bonds is 11. The van der Waals surface area contributed by atoms with Crippen LogP contribution in [0.4, 0.5) is 0 Å². The number of ether oxygens (including phenoxy) is 1. The highest BCUT2D eigenvalue weighted by Crippen LogP contribution is 2.19. The first-order valence-corrected chi connectivity index (χ1v) is 10.7. The molecule has 0 saturated carbocycles. The van der Waals surface area contributed by atoms with Crippen LogP contribution in [0.15, 0.2) is 54.6 Å². The highest BCUT2D eigenvalue weighted by Gasteiger charge is 2.31. The van der Waals surface area contributed by atoms with Crippen LogP contribution in [0.3, 0.4) is 0 Å². The number of nitrogens with zero attached hydrogens (tertiary/aromatic N) is 1. The highest BCUT2D eigenvalue weighted by molar-refractivity contribution is 5.88. The van der Waals surface area contributed by atoms with Gasteiger partial charge in [0.25, 0.3) is 0 Å². The highest BCUT2D eigenvalue weighted by atomic mass is 16.5. The number of benzene rings is 2. The zero-order chi connectivity index (χ0) is 21.9. The van der Waals surface area contributed by atoms with Gasteiger partial charge in [-0.2, -0.15) is 0 Å². The molecule has 0 spiro atoms. The van der Waals surface area contributed by atoms with Gasteiger partial charge in [0.2, 0.25) is 11.8 Å². The number of unbranched alkanes of at least 4 members (excludes halogenated alkanes) is 1. The van der Waals surface area contributed by atoms with Crippen molar-refractivity contribution in [3.8, 4) is 5.75 Å². The van der Waals surface area contributed by atoms with Gasteiger partial charge in [-0.1, -0.05) is 69.7 Å². The lowest BCUT2D eigenvalue weighted by atomic mass is 10.0. The second-order valence-electron chi connectivity index (χ2n) is 7.82. The first kappa shape index (κ1) is 23.5. The average Bonchev–Trinajstić information content (AvgIpc) is 2.76. The molecule has 0 fully saturated rings. The van der Waals surface area contributed by atoms with E-state index in [9.17, 15) is 9.59 Å². The predicted molar refractivity (Wildman–Crippen MR) is 120 cm³/mol. The Morgan fingerprint density at radius 2 is 1.67 bits per heavy atom. The van der Waals surface area contributed by atoms with E-state index in [1.165, 1.54) is 0 Å². The van der Waals surface area contributed by atoms with Crippen molar-refractivity contribution in [3.63, 3.8) is 0 Å². The molecule has 2 rings (SSSR count). The van der Waals surface area contributed by atoms with Crippen LogP contribution in [0.1, 0.15) is 44.7 Å². The molecule has 0 radical (unpaired) electrons. The van der Waals surface area contributed by atoms with Crippen LogP contribution in [0.5, 0.6) is 5.75 Å². The molecule has 5 heteroatoms. The van der Waals surface area contributed by atoms with Crippen molar-refractivity contribution in [3.05, 3.63) is 65.7 Å². The van der Waals surface area contributed by atoms with E-state index in [0.717, 1.165) is 29.7 Å². The Morgan fingerprint density at radius 1 is 1.00 bits per heavy atom. The summed E-state index contributed by atoms with van der Waals surface area (Å²) in [5, 5.41) is 3.03. The molecule has 1 N–H and O–H groups in total. The molecule has 2 aromatic rings. The van der Waals surface area contributed by atoms with Gasteiger partial charge in [0, 0.05) is 25.4 Å². The average molecular weight is 411 g/mol. The third-order valence-corrected chi connectivity index (χ3v) is 5.07. The molecule has 0 unspecified atom stereocenters. The summed E-state index contributed by atoms with van der Waals surface area (Å²) in [5.74, 6) is 0.427. The van der Waals surface area contributed by atoms with Gasteiger partial charge in [0.15, 0.2) is 0 Å². The monoisotopic (exact) mass is 410 g/mol. The van der Waals surface area contributed by atoms with Crippen LogP contribution in [0, 0.1) is 5.92 Å². The number of carbonyl (C=O) groups excluding carboxylic acids is 2. The molecule has 2 amide bonds. The van der Waals surface area contributed by atoms with Gasteiger partial charge in [0.1, 0.15) is 11.8 Å². The molecule has 0 bridgehead atoms. The molecular formula is C25H34N2O3. The Bertz CT molecular complexity index is 788. The summed E-state index contributed by atoms with van der Waals surface area (Å²) in [4.78, 5) is 28.0. The summed E-state index contributed by atoms with van der Waals surface area (Å²) in [5.41, 5.74) is 1.99. The second-order valence-corrected chi connectivity index (χ2v) is 7.82. The van der Waals surface area contributed by atoms with E-state index in [0.29, 0.717) is 19.5 Å². The SMILES string of the molecule is CCCCNC(=O)[C@H](Cc1ccccc1)N(Cc1ccc(OC)cc1)C(=O)C(C)C. The maximum absolute atomic E-state index is 13.2. The van der Waals surface area contributed by atoms with Crippen molar-refractivity contribution in [1.82, 2.24) is 10.2 Å². The summed E-state index contributed by atoms with van der Waals surface area (Å²) in [6, 6.07) is 16.9. The Hall–Kier alpha value is -2.82. The molecule has 5 nitrogen and oxygen atoms in total. The summed E-state index contributed by atoms with van der Waals surface area (Å²) < 4.78 is 5.23. The smallest absolute Gasteiger partial charge is 0.243 e. The molecule has 0 aliphatic heterocycles. The van der Waals surface area contributed by atoms with Crippen LogP contribution in [0.2, 0.25) is 0 Å². The summed E-state index contributed by atoms with van der Waals surface area (Å²) in [6.07, 6.45) is 2.40. The van der Waals surface area contributed by atoms with E-state index >= 15 is 0 Å². The quantitative estimate of drug-likeness (QED) is 0.565. The van der Waals surface area contributed by atoms with Gasteiger partial charge >= 0.3 is 0 Å². The molecular weight excluding hydrogens is 376 g/mol. The third kappa shape index (κ3) is 6.90. The van der Waals surface area contributed by atoms with E-state index in [-0.39, 0.29) is 17.7 Å². The lowest BCUT2D eigenvalue weighted by molar-refractivity contribution is -0.143. The van der Waals surface area contributed by atoms with Gasteiger partial charge in [-0.15, -0.1) is 0 Å². The number of carbonyl (C=O) groups is 2. The Kier molecular flexibility index (Phi) is 9.39. The number of hydrogen-bond donors (Lipinski definition) is 1. The fourth-order valence-corrected chi connectivity index (χ4v) is 3.29. The van der Waals surface area contributed by atoms with Crippen LogP contribution in [-0.2, 0) is 22.6 Å². The molecule has 0 aromatic heterocycles. The van der Waals surface area contributed by atoms with Gasteiger partial charge in [-0.05, 0) is 29.7 Å². The summed E-state index contributed by atoms with van der Waals surface area (Å²) >= 11 is 0. The van der Waals surface area contributed by atoms with Crippen molar-refractivity contribution >= 4 is 11.8 Å². The third-order valence-electron chi connectivity index (χ3n) is 5.07. The lowest BCUT2D eigenvalue weighted by Gasteiger charge is -2.33. The van der Waals surface area contributed by atoms with Crippen LogP contribution >= 0.6 is 0 Å². The van der Waals surface area contributed by atoms with Crippen molar-refractivity contribution in [2.45, 2.75) is 52.6 Å². The van der Waals surface area contributed by atoms with Crippen molar-refractivity contribution < 1.29 is 14.3 Å². The van der Waals surface area contributed by atoms with E-state index in [4.69, 9.17) is 4.74 Å².